The summed E-state index contributed by atoms with van der Waals surface area (Å²) in [5, 5.41) is 47.9. The number of allylic oxidation sites excluding steroid dienone is 4. The lowest BCUT2D eigenvalue weighted by molar-refractivity contribution is -0.138. The third-order valence-corrected chi connectivity index (χ3v) is 10.5. The average Bonchev–Trinajstić information content (AvgIpc) is 3.32. The van der Waals surface area contributed by atoms with Gasteiger partial charge in [0, 0.05) is 59.2 Å². The normalized spacial score (nSPS) is 37.0. The zero-order chi connectivity index (χ0) is 33.7. The minimum atomic E-state index is -1.15. The largest absolute Gasteiger partial charge is 0.495 e. The summed E-state index contributed by atoms with van der Waals surface area (Å²) in [5.41, 5.74) is 10.5. The molecule has 0 radical (unpaired) electrons. The zero-order valence-electron chi connectivity index (χ0n) is 26.5. The van der Waals surface area contributed by atoms with Gasteiger partial charge in [-0.05, 0) is 54.0 Å². The molecule has 0 aromatic heterocycles. The van der Waals surface area contributed by atoms with Gasteiger partial charge in [-0.15, -0.1) is 0 Å². The van der Waals surface area contributed by atoms with Crippen molar-refractivity contribution in [1.29, 1.82) is 0 Å². The number of hydrogen-bond donors (Lipinski definition) is 10. The molecular formula is C33H44N6O6S. The first kappa shape index (κ1) is 33.4. The molecule has 0 aromatic rings. The summed E-state index contributed by atoms with van der Waals surface area (Å²) in [4.78, 5) is 35.9. The standard InChI is InChI=1S/C33H44N6O6S/c1-6-19-15(2)28(36-31(19)45)29-33(39-29)18(5)22(8-10-27(42)43)24(38-33)13-23-21(7-9-26(40)41)17(4)32(34,37-23)14-25-20(11-12-46)16(3)30(44)35-25/h6,11-17,20,28-29,36-39,45-46H,1,7-10,34H2,2-5H3,(H,35,44)(H,40,41)(H,42,43)/b12-11?,24-13-,25-14-/t15?,16-,17?,20-,28+,29-,32+,33+/m1/s1. The molecule has 1 spiro atoms. The number of carbonyl (C=O) groups excluding carboxylic acids is 1. The monoisotopic (exact) mass is 652 g/mol. The van der Waals surface area contributed by atoms with Crippen LogP contribution in [0.15, 0.2) is 81.6 Å². The van der Waals surface area contributed by atoms with Crippen LogP contribution in [0.4, 0.5) is 0 Å². The van der Waals surface area contributed by atoms with E-state index in [-0.39, 0.29) is 73.2 Å². The second-order valence-electron chi connectivity index (χ2n) is 12.9. The Labute approximate surface area is 274 Å². The molecule has 0 saturated carbocycles. The molecule has 5 rings (SSSR count). The van der Waals surface area contributed by atoms with Gasteiger partial charge in [-0.2, -0.15) is 12.6 Å². The van der Waals surface area contributed by atoms with Crippen LogP contribution in [0.5, 0.6) is 0 Å². The topological polar surface area (TPSA) is 208 Å². The van der Waals surface area contributed by atoms with E-state index in [1.807, 2.05) is 45.9 Å². The number of carbonyl (C=O) groups is 3. The SMILES string of the molecule is C=CC1=C(O)N[C@H]([C@H]2N[C@]23N/C(=C\C2=C(CCC(=O)O)C(C)[C@](N)(/C=C4\NC(=O)[C@H](C)[C@H]4C=CS)N2)C(CCC(=O)O)=C3C)C1C. The highest BCUT2D eigenvalue weighted by molar-refractivity contribution is 7.83. The number of carboxylic acids is 2. The van der Waals surface area contributed by atoms with Gasteiger partial charge in [0.2, 0.25) is 5.91 Å². The van der Waals surface area contributed by atoms with Crippen molar-refractivity contribution >= 4 is 30.5 Å². The molecule has 0 aromatic carbocycles. The number of rotatable bonds is 11. The summed E-state index contributed by atoms with van der Waals surface area (Å²) in [7, 11) is 0. The van der Waals surface area contributed by atoms with Gasteiger partial charge in [-0.3, -0.25) is 19.7 Å². The van der Waals surface area contributed by atoms with Crippen LogP contribution >= 0.6 is 12.6 Å². The highest BCUT2D eigenvalue weighted by Gasteiger charge is 2.64. The molecule has 2 fully saturated rings. The van der Waals surface area contributed by atoms with Gasteiger partial charge < -0.3 is 42.3 Å². The predicted octanol–water partition coefficient (Wildman–Crippen LogP) is 2.61. The van der Waals surface area contributed by atoms with Gasteiger partial charge in [0.15, 0.2) is 5.88 Å². The number of aliphatic hydroxyl groups is 1. The third-order valence-electron chi connectivity index (χ3n) is 10.3. The number of nitrogens with two attached hydrogens (primary N) is 1. The molecule has 8 atom stereocenters. The van der Waals surface area contributed by atoms with E-state index in [1.165, 1.54) is 0 Å². The summed E-state index contributed by atoms with van der Waals surface area (Å²) < 4.78 is 0. The number of aliphatic hydroxyl groups excluding tert-OH is 1. The van der Waals surface area contributed by atoms with Crippen molar-refractivity contribution in [3.63, 3.8) is 0 Å². The van der Waals surface area contributed by atoms with Crippen LogP contribution < -0.4 is 32.3 Å². The zero-order valence-corrected chi connectivity index (χ0v) is 27.4. The van der Waals surface area contributed by atoms with Crippen molar-refractivity contribution in [3.05, 3.63) is 81.6 Å². The van der Waals surface area contributed by atoms with Crippen molar-refractivity contribution < 1.29 is 29.7 Å². The van der Waals surface area contributed by atoms with Crippen molar-refractivity contribution in [2.75, 3.05) is 0 Å². The molecule has 0 aliphatic carbocycles. The molecule has 1 amide bonds. The van der Waals surface area contributed by atoms with Gasteiger partial charge in [0.1, 0.15) is 11.3 Å². The Morgan fingerprint density at radius 2 is 1.76 bits per heavy atom. The summed E-state index contributed by atoms with van der Waals surface area (Å²) in [6.07, 6.45) is 7.52. The van der Waals surface area contributed by atoms with Crippen molar-refractivity contribution in [1.82, 2.24) is 26.6 Å². The molecule has 5 aliphatic rings. The van der Waals surface area contributed by atoms with Crippen molar-refractivity contribution in [2.24, 2.45) is 29.4 Å². The maximum atomic E-state index is 12.6. The molecular weight excluding hydrogens is 608 g/mol. The number of nitrogens with one attached hydrogen (secondary N) is 5. The van der Waals surface area contributed by atoms with E-state index < -0.39 is 23.3 Å². The van der Waals surface area contributed by atoms with E-state index in [4.69, 9.17) is 5.73 Å². The fourth-order valence-electron chi connectivity index (χ4n) is 7.44. The van der Waals surface area contributed by atoms with Gasteiger partial charge in [0.25, 0.3) is 0 Å². The highest BCUT2D eigenvalue weighted by atomic mass is 32.1. The lowest BCUT2D eigenvalue weighted by atomic mass is 9.86. The summed E-state index contributed by atoms with van der Waals surface area (Å²) in [6.45, 7) is 11.6. The molecule has 248 valence electrons. The van der Waals surface area contributed by atoms with Crippen LogP contribution in [0.25, 0.3) is 0 Å². The predicted molar refractivity (Wildman–Crippen MR) is 177 cm³/mol. The Balaban J connectivity index is 1.51. The molecule has 46 heavy (non-hydrogen) atoms. The maximum absolute atomic E-state index is 12.6. The van der Waals surface area contributed by atoms with Crippen LogP contribution in [-0.4, -0.2) is 56.6 Å². The van der Waals surface area contributed by atoms with E-state index in [0.29, 0.717) is 17.1 Å². The number of hydrogen-bond acceptors (Lipinski definition) is 10. The molecule has 5 aliphatic heterocycles. The van der Waals surface area contributed by atoms with Crippen molar-refractivity contribution in [3.8, 4) is 0 Å². The number of thiol groups is 1. The van der Waals surface area contributed by atoms with E-state index in [0.717, 1.165) is 22.3 Å². The van der Waals surface area contributed by atoms with Crippen LogP contribution in [0.3, 0.4) is 0 Å². The first-order valence-electron chi connectivity index (χ1n) is 15.6. The summed E-state index contributed by atoms with van der Waals surface area (Å²) in [6, 6.07) is -0.260. The van der Waals surface area contributed by atoms with Gasteiger partial charge in [0.05, 0.1) is 12.1 Å². The van der Waals surface area contributed by atoms with E-state index in [9.17, 15) is 29.7 Å². The Bertz CT molecular complexity index is 1560. The molecule has 13 heteroatoms. The lowest BCUT2D eigenvalue weighted by Gasteiger charge is -2.29. The van der Waals surface area contributed by atoms with E-state index in [2.05, 4.69) is 45.8 Å². The minimum absolute atomic E-state index is 0.0203. The quantitative estimate of drug-likeness (QED) is 0.116. The number of amides is 1. The number of carboxylic acid groups (broad SMARTS) is 2. The maximum Gasteiger partial charge on any atom is 0.303 e. The Morgan fingerprint density at radius 3 is 2.37 bits per heavy atom. The van der Waals surface area contributed by atoms with Crippen LogP contribution in [0.1, 0.15) is 53.4 Å². The van der Waals surface area contributed by atoms with E-state index in [1.54, 1.807) is 11.5 Å². The van der Waals surface area contributed by atoms with Crippen LogP contribution in [0, 0.1) is 23.7 Å². The Kier molecular flexibility index (Phi) is 8.97. The summed E-state index contributed by atoms with van der Waals surface area (Å²) in [5.74, 6) is -2.80. The lowest BCUT2D eigenvalue weighted by Crippen LogP contribution is -2.53. The first-order valence-corrected chi connectivity index (χ1v) is 16.1. The Hall–Kier alpha value is -3.94. The second-order valence-corrected chi connectivity index (χ2v) is 13.2. The van der Waals surface area contributed by atoms with Gasteiger partial charge in [-0.1, -0.05) is 39.5 Å². The molecule has 2 unspecified atom stereocenters. The van der Waals surface area contributed by atoms with Crippen molar-refractivity contribution in [2.45, 2.75) is 76.8 Å². The molecule has 0 bridgehead atoms. The molecule has 12 nitrogen and oxygen atoms in total. The first-order chi connectivity index (χ1) is 21.7. The number of aliphatic carboxylic acids is 2. The molecule has 2 saturated heterocycles. The highest BCUT2D eigenvalue weighted by Crippen LogP contribution is 2.48. The van der Waals surface area contributed by atoms with Gasteiger partial charge >= 0.3 is 11.9 Å². The Morgan fingerprint density at radius 1 is 1.09 bits per heavy atom. The minimum Gasteiger partial charge on any atom is -0.495 e. The van der Waals surface area contributed by atoms with Gasteiger partial charge in [-0.25, -0.2) is 0 Å². The average molecular weight is 653 g/mol. The molecule has 5 heterocycles. The second kappa shape index (κ2) is 12.3. The van der Waals surface area contributed by atoms with Crippen LogP contribution in [0.2, 0.25) is 0 Å². The van der Waals surface area contributed by atoms with Crippen LogP contribution in [-0.2, 0) is 14.4 Å². The molecule has 10 N–H and O–H groups in total. The fourth-order valence-corrected chi connectivity index (χ4v) is 7.63. The van der Waals surface area contributed by atoms with E-state index >= 15 is 0 Å². The summed E-state index contributed by atoms with van der Waals surface area (Å²) >= 11 is 4.21. The smallest absolute Gasteiger partial charge is 0.303 e. The fraction of sp³-hybridized carbons (Fsp3) is 0.485. The third kappa shape index (κ3) is 5.75.